The van der Waals surface area contributed by atoms with E-state index >= 15 is 0 Å². The number of aldehydes is 1. The number of ether oxygens (including phenoxy) is 1. The quantitative estimate of drug-likeness (QED) is 0.339. The van der Waals surface area contributed by atoms with E-state index in [1.807, 2.05) is 0 Å². The molecule has 98 valence electrons. The second-order valence-electron chi connectivity index (χ2n) is 3.56. The number of halogens is 1. The van der Waals surface area contributed by atoms with Crippen LogP contribution in [0.3, 0.4) is 0 Å². The summed E-state index contributed by atoms with van der Waals surface area (Å²) in [6.07, 6.45) is 3.26. The molecule has 0 aliphatic rings. The number of rotatable bonds is 8. The van der Waals surface area contributed by atoms with Crippen LogP contribution in [0.15, 0.2) is 12.7 Å². The number of nitrogens with one attached hydrogen (secondary N) is 1. The molecule has 1 heterocycles. The minimum Gasteiger partial charge on any atom is -0.379 e. The Morgan fingerprint density at radius 1 is 1.44 bits per heavy atom. The fourth-order valence-corrected chi connectivity index (χ4v) is 1.55. The molecule has 0 fully saturated rings. The van der Waals surface area contributed by atoms with E-state index in [1.165, 1.54) is 0 Å². The molecule has 0 radical (unpaired) electrons. The predicted molar refractivity (Wildman–Crippen MR) is 71.3 cm³/mol. The topological polar surface area (TPSA) is 64.1 Å². The maximum Gasteiger partial charge on any atom is 0.156 e. The average molecular weight is 270 g/mol. The number of hydrogen-bond acceptors (Lipinski definition) is 5. The lowest BCUT2D eigenvalue weighted by Crippen LogP contribution is -2.13. The molecule has 0 aliphatic heterocycles. The second-order valence-corrected chi connectivity index (χ2v) is 3.92. The van der Waals surface area contributed by atoms with Crippen molar-refractivity contribution in [2.75, 3.05) is 25.1 Å². The van der Waals surface area contributed by atoms with E-state index in [9.17, 15) is 4.79 Å². The standard InChI is InChI=1S/C12H16ClN3O2/c1-3-4-6-18-7-5-14-12-10(8-17)11(13)15-9(2)16-12/h3,8H,1,4-7H2,2H3,(H,14,15,16). The first-order chi connectivity index (χ1) is 8.69. The van der Waals surface area contributed by atoms with Gasteiger partial charge in [0.2, 0.25) is 0 Å². The van der Waals surface area contributed by atoms with Crippen molar-refractivity contribution in [3.8, 4) is 0 Å². The zero-order valence-corrected chi connectivity index (χ0v) is 11.0. The van der Waals surface area contributed by atoms with Crippen LogP contribution in [0.1, 0.15) is 22.6 Å². The van der Waals surface area contributed by atoms with Crippen LogP contribution in [-0.2, 0) is 4.74 Å². The third-order valence-corrected chi connectivity index (χ3v) is 2.42. The Kier molecular flexibility index (Phi) is 6.32. The monoisotopic (exact) mass is 269 g/mol. The van der Waals surface area contributed by atoms with Gasteiger partial charge in [-0.05, 0) is 13.3 Å². The van der Waals surface area contributed by atoms with E-state index in [1.54, 1.807) is 13.0 Å². The molecule has 18 heavy (non-hydrogen) atoms. The molecule has 0 bridgehead atoms. The highest BCUT2D eigenvalue weighted by atomic mass is 35.5. The molecular weight excluding hydrogens is 254 g/mol. The average Bonchev–Trinajstić information content (AvgIpc) is 2.33. The molecule has 1 aromatic heterocycles. The van der Waals surface area contributed by atoms with E-state index in [0.717, 1.165) is 6.42 Å². The summed E-state index contributed by atoms with van der Waals surface area (Å²) in [6.45, 7) is 7.02. The highest BCUT2D eigenvalue weighted by Gasteiger charge is 2.10. The maximum atomic E-state index is 10.9. The SMILES string of the molecule is C=CCCOCCNc1nc(C)nc(Cl)c1C=O. The molecule has 0 saturated carbocycles. The molecule has 0 atom stereocenters. The van der Waals surface area contributed by atoms with Crippen LogP contribution in [0.25, 0.3) is 0 Å². The van der Waals surface area contributed by atoms with Crippen LogP contribution >= 0.6 is 11.6 Å². The molecule has 1 rings (SSSR count). The zero-order chi connectivity index (χ0) is 13.4. The van der Waals surface area contributed by atoms with Crippen molar-refractivity contribution in [2.45, 2.75) is 13.3 Å². The number of aryl methyl sites for hydroxylation is 1. The Bertz CT molecular complexity index is 424. The lowest BCUT2D eigenvalue weighted by atomic mass is 10.3. The highest BCUT2D eigenvalue weighted by molar-refractivity contribution is 6.32. The van der Waals surface area contributed by atoms with Gasteiger partial charge in [-0.1, -0.05) is 17.7 Å². The maximum absolute atomic E-state index is 10.9. The summed E-state index contributed by atoms with van der Waals surface area (Å²) >= 11 is 5.85. The van der Waals surface area contributed by atoms with Crippen molar-refractivity contribution in [1.82, 2.24) is 9.97 Å². The van der Waals surface area contributed by atoms with Crippen molar-refractivity contribution in [2.24, 2.45) is 0 Å². The van der Waals surface area contributed by atoms with Crippen LogP contribution in [0.5, 0.6) is 0 Å². The Hall–Kier alpha value is -1.46. The summed E-state index contributed by atoms with van der Waals surface area (Å²) in [5.41, 5.74) is 0.272. The molecule has 0 aliphatic carbocycles. The van der Waals surface area contributed by atoms with Crippen molar-refractivity contribution in [3.05, 3.63) is 29.2 Å². The Balaban J connectivity index is 2.51. The molecule has 1 aromatic rings. The number of carbonyl (C=O) groups excluding carboxylic acids is 1. The van der Waals surface area contributed by atoms with Gasteiger partial charge >= 0.3 is 0 Å². The zero-order valence-electron chi connectivity index (χ0n) is 10.3. The Morgan fingerprint density at radius 2 is 2.22 bits per heavy atom. The highest BCUT2D eigenvalue weighted by Crippen LogP contribution is 2.18. The van der Waals surface area contributed by atoms with Crippen LogP contribution in [0.4, 0.5) is 5.82 Å². The van der Waals surface area contributed by atoms with Gasteiger partial charge in [0.05, 0.1) is 18.8 Å². The summed E-state index contributed by atoms with van der Waals surface area (Å²) in [5, 5.41) is 3.16. The Labute approximate surface area is 111 Å². The molecule has 0 spiro atoms. The number of hydrogen-bond donors (Lipinski definition) is 1. The summed E-state index contributed by atoms with van der Waals surface area (Å²) in [6, 6.07) is 0. The van der Waals surface area contributed by atoms with Crippen LogP contribution in [-0.4, -0.2) is 36.0 Å². The molecule has 0 aromatic carbocycles. The molecule has 0 unspecified atom stereocenters. The first-order valence-electron chi connectivity index (χ1n) is 5.61. The van der Waals surface area contributed by atoms with E-state index in [2.05, 4.69) is 21.9 Å². The summed E-state index contributed by atoms with van der Waals surface area (Å²) in [5.74, 6) is 0.954. The fraction of sp³-hybridized carbons (Fsp3) is 0.417. The minimum absolute atomic E-state index is 0.160. The predicted octanol–water partition coefficient (Wildman–Crippen LogP) is 2.26. The smallest absolute Gasteiger partial charge is 0.156 e. The molecule has 0 amide bonds. The van der Waals surface area contributed by atoms with Crippen molar-refractivity contribution in [1.29, 1.82) is 0 Å². The molecular formula is C12H16ClN3O2. The van der Waals surface area contributed by atoms with Crippen molar-refractivity contribution < 1.29 is 9.53 Å². The molecule has 0 saturated heterocycles. The number of aromatic nitrogens is 2. The van der Waals surface area contributed by atoms with Gasteiger partial charge < -0.3 is 10.1 Å². The van der Waals surface area contributed by atoms with Gasteiger partial charge in [-0.25, -0.2) is 9.97 Å². The van der Waals surface area contributed by atoms with Crippen LogP contribution < -0.4 is 5.32 Å². The van der Waals surface area contributed by atoms with Crippen LogP contribution in [0, 0.1) is 6.92 Å². The third kappa shape index (κ3) is 4.43. The van der Waals surface area contributed by atoms with Gasteiger partial charge in [-0.3, -0.25) is 4.79 Å². The molecule has 1 N–H and O–H groups in total. The lowest BCUT2D eigenvalue weighted by molar-refractivity contribution is 0.112. The number of carbonyl (C=O) groups is 1. The van der Waals surface area contributed by atoms with E-state index < -0.39 is 0 Å². The van der Waals surface area contributed by atoms with Crippen molar-refractivity contribution in [3.63, 3.8) is 0 Å². The largest absolute Gasteiger partial charge is 0.379 e. The fourth-order valence-electron chi connectivity index (χ4n) is 1.30. The normalized spacial score (nSPS) is 10.1. The van der Waals surface area contributed by atoms with Gasteiger partial charge in [0, 0.05) is 6.54 Å². The van der Waals surface area contributed by atoms with E-state index in [0.29, 0.717) is 37.7 Å². The molecule has 6 heteroatoms. The lowest BCUT2D eigenvalue weighted by Gasteiger charge is -2.09. The molecule has 5 nitrogen and oxygen atoms in total. The first-order valence-corrected chi connectivity index (χ1v) is 5.98. The van der Waals surface area contributed by atoms with Gasteiger partial charge in [0.15, 0.2) is 6.29 Å². The summed E-state index contributed by atoms with van der Waals surface area (Å²) in [4.78, 5) is 18.9. The van der Waals surface area contributed by atoms with Crippen LogP contribution in [0.2, 0.25) is 5.15 Å². The first kappa shape index (κ1) is 14.6. The van der Waals surface area contributed by atoms with Gasteiger partial charge in [0.25, 0.3) is 0 Å². The summed E-state index contributed by atoms with van der Waals surface area (Å²) < 4.78 is 5.33. The van der Waals surface area contributed by atoms with Gasteiger partial charge in [-0.15, -0.1) is 6.58 Å². The Morgan fingerprint density at radius 3 is 2.89 bits per heavy atom. The van der Waals surface area contributed by atoms with E-state index in [-0.39, 0.29) is 10.7 Å². The summed E-state index contributed by atoms with van der Waals surface area (Å²) in [7, 11) is 0. The number of nitrogens with zero attached hydrogens (tertiary/aromatic N) is 2. The van der Waals surface area contributed by atoms with Gasteiger partial charge in [-0.2, -0.15) is 0 Å². The minimum atomic E-state index is 0.160. The van der Waals surface area contributed by atoms with E-state index in [4.69, 9.17) is 16.3 Å². The number of anilines is 1. The second kappa shape index (κ2) is 7.79. The van der Waals surface area contributed by atoms with Gasteiger partial charge in [0.1, 0.15) is 16.8 Å². The van der Waals surface area contributed by atoms with Crippen molar-refractivity contribution >= 4 is 23.7 Å². The third-order valence-electron chi connectivity index (χ3n) is 2.13.